The number of fused-ring (bicyclic) bond motifs is 3. The quantitative estimate of drug-likeness (QED) is 0.259. The Kier molecular flexibility index (Phi) is 9.05. The van der Waals surface area contributed by atoms with Gasteiger partial charge in [-0.25, -0.2) is 18.1 Å². The molecule has 3 fully saturated rings. The molecule has 1 aromatic heterocycles. The second-order valence-electron chi connectivity index (χ2n) is 11.5. The molecule has 2 bridgehead atoms. The topological polar surface area (TPSA) is 107 Å². The molecule has 0 spiro atoms. The van der Waals surface area contributed by atoms with Crippen LogP contribution in [0.4, 0.5) is 8.78 Å². The molecule has 2 aromatic carbocycles. The predicted octanol–water partition coefficient (Wildman–Crippen LogP) is 4.12. The summed E-state index contributed by atoms with van der Waals surface area (Å²) in [6, 6.07) is 11.6. The van der Waals surface area contributed by atoms with Gasteiger partial charge in [-0.3, -0.25) is 9.59 Å². The summed E-state index contributed by atoms with van der Waals surface area (Å²) in [5.74, 6) is -2.14. The van der Waals surface area contributed by atoms with Gasteiger partial charge in [0.1, 0.15) is 41.8 Å². The number of hydrogen-bond acceptors (Lipinski definition) is 6. The highest BCUT2D eigenvalue weighted by molar-refractivity contribution is 6.30. The lowest BCUT2D eigenvalue weighted by atomic mass is 9.59. The van der Waals surface area contributed by atoms with Crippen molar-refractivity contribution in [3.63, 3.8) is 0 Å². The van der Waals surface area contributed by atoms with Crippen molar-refractivity contribution in [3.05, 3.63) is 88.7 Å². The average Bonchev–Trinajstić information content (AvgIpc) is 2.99. The third-order valence-corrected chi connectivity index (χ3v) is 8.59. The molecule has 3 aromatic rings. The summed E-state index contributed by atoms with van der Waals surface area (Å²) < 4.78 is 46.5. The van der Waals surface area contributed by atoms with Crippen molar-refractivity contribution in [3.8, 4) is 11.5 Å². The van der Waals surface area contributed by atoms with Gasteiger partial charge in [0.25, 0.3) is 11.8 Å². The first kappa shape index (κ1) is 31.2. The molecular weight excluding hydrogens is 596 g/mol. The van der Waals surface area contributed by atoms with Crippen molar-refractivity contribution >= 4 is 29.4 Å². The van der Waals surface area contributed by atoms with Gasteiger partial charge >= 0.3 is 5.97 Å². The van der Waals surface area contributed by atoms with E-state index in [1.165, 1.54) is 18.2 Å². The second kappa shape index (κ2) is 12.8. The fourth-order valence-corrected chi connectivity index (χ4v) is 5.98. The van der Waals surface area contributed by atoms with Gasteiger partial charge in [-0.05, 0) is 62.4 Å². The van der Waals surface area contributed by atoms with Gasteiger partial charge in [-0.2, -0.15) is 0 Å². The third kappa shape index (κ3) is 7.10. The standard InChI is InChI=1S/C32H32ClF2N3O6/c1-20-5-6-22(14-25(20)34)43-19-29(40)37-32-11-9-31(10-12-32,16-27(32)44-30(41)21-4-3-13-38(2)17-21)36-28(39)18-42-23-7-8-24(33)26(35)15-23/h3-8,13-15,17,27H,9-12,16,18-19H2,1-2H3,(H-,36,37,39,40)/p+1/t27-,31?,32?/m0/s1. The Bertz CT molecular complexity index is 1580. The van der Waals surface area contributed by atoms with E-state index in [1.807, 2.05) is 0 Å². The molecule has 2 N–H and O–H groups in total. The summed E-state index contributed by atoms with van der Waals surface area (Å²) in [6.07, 6.45) is 4.76. The van der Waals surface area contributed by atoms with Gasteiger partial charge in [0.15, 0.2) is 25.6 Å². The number of nitrogens with one attached hydrogen (secondary N) is 2. The van der Waals surface area contributed by atoms with Crippen LogP contribution in [-0.2, 0) is 21.4 Å². The zero-order chi connectivity index (χ0) is 31.5. The van der Waals surface area contributed by atoms with Crippen LogP contribution in [0, 0.1) is 18.6 Å². The minimum absolute atomic E-state index is 0.0545. The maximum Gasteiger partial charge on any atom is 0.344 e. The number of aryl methyl sites for hydroxylation is 2. The van der Waals surface area contributed by atoms with Crippen LogP contribution in [0.5, 0.6) is 11.5 Å². The fourth-order valence-electron chi connectivity index (χ4n) is 5.87. The largest absolute Gasteiger partial charge is 0.484 e. The number of carbonyl (C=O) groups excluding carboxylic acids is 3. The van der Waals surface area contributed by atoms with Crippen LogP contribution in [-0.4, -0.2) is 48.2 Å². The highest BCUT2D eigenvalue weighted by Crippen LogP contribution is 2.48. The number of benzene rings is 2. The Balaban J connectivity index is 1.28. The molecule has 12 heteroatoms. The van der Waals surface area contributed by atoms with Crippen LogP contribution in [0.3, 0.4) is 0 Å². The summed E-state index contributed by atoms with van der Waals surface area (Å²) in [6.45, 7) is 0.917. The highest BCUT2D eigenvalue weighted by Gasteiger charge is 2.57. The Morgan fingerprint density at radius 1 is 0.932 bits per heavy atom. The molecule has 6 rings (SSSR count). The molecule has 0 saturated heterocycles. The lowest BCUT2D eigenvalue weighted by Crippen LogP contribution is -2.71. The van der Waals surface area contributed by atoms with Gasteiger partial charge < -0.3 is 24.8 Å². The van der Waals surface area contributed by atoms with Crippen LogP contribution >= 0.6 is 11.6 Å². The van der Waals surface area contributed by atoms with Crippen molar-refractivity contribution in [1.82, 2.24) is 10.6 Å². The fraction of sp³-hybridized carbons (Fsp3) is 0.375. The zero-order valence-corrected chi connectivity index (χ0v) is 25.1. The number of ether oxygens (including phenoxy) is 3. The Morgan fingerprint density at radius 2 is 1.57 bits per heavy atom. The normalized spacial score (nSPS) is 22.2. The molecule has 44 heavy (non-hydrogen) atoms. The number of amides is 2. The minimum Gasteiger partial charge on any atom is -0.484 e. The summed E-state index contributed by atoms with van der Waals surface area (Å²) in [4.78, 5) is 39.3. The molecule has 232 valence electrons. The zero-order valence-electron chi connectivity index (χ0n) is 24.3. The average molecular weight is 629 g/mol. The van der Waals surface area contributed by atoms with Crippen molar-refractivity contribution in [1.29, 1.82) is 0 Å². The van der Waals surface area contributed by atoms with Crippen molar-refractivity contribution in [2.24, 2.45) is 7.05 Å². The van der Waals surface area contributed by atoms with Gasteiger partial charge in [0.05, 0.1) is 10.6 Å². The number of carbonyl (C=O) groups is 3. The first-order valence-corrected chi connectivity index (χ1v) is 14.6. The molecular formula is C32H33ClF2N3O6+. The molecule has 3 aliphatic carbocycles. The summed E-state index contributed by atoms with van der Waals surface area (Å²) in [5.41, 5.74) is -0.803. The number of halogens is 3. The van der Waals surface area contributed by atoms with Crippen LogP contribution in [0.25, 0.3) is 0 Å². The minimum atomic E-state index is -0.893. The number of pyridine rings is 1. The first-order valence-electron chi connectivity index (χ1n) is 14.2. The van der Waals surface area contributed by atoms with Gasteiger partial charge in [-0.1, -0.05) is 17.7 Å². The van der Waals surface area contributed by atoms with E-state index in [2.05, 4.69) is 10.6 Å². The number of esters is 1. The Hall–Kier alpha value is -4.25. The van der Waals surface area contributed by atoms with E-state index in [-0.39, 0.29) is 36.2 Å². The molecule has 3 aliphatic rings. The van der Waals surface area contributed by atoms with E-state index >= 15 is 0 Å². The molecule has 9 nitrogen and oxygen atoms in total. The predicted molar refractivity (Wildman–Crippen MR) is 155 cm³/mol. The Morgan fingerprint density at radius 3 is 2.20 bits per heavy atom. The number of hydrogen-bond donors (Lipinski definition) is 2. The van der Waals surface area contributed by atoms with Crippen molar-refractivity contribution in [2.45, 2.75) is 56.2 Å². The van der Waals surface area contributed by atoms with Crippen molar-refractivity contribution < 1.29 is 41.9 Å². The van der Waals surface area contributed by atoms with Gasteiger partial charge in [0.2, 0.25) is 0 Å². The molecule has 0 aliphatic heterocycles. The monoisotopic (exact) mass is 628 g/mol. The van der Waals surface area contributed by atoms with Crippen LogP contribution < -0.4 is 24.7 Å². The maximum atomic E-state index is 13.9. The van der Waals surface area contributed by atoms with E-state index in [0.29, 0.717) is 36.8 Å². The van der Waals surface area contributed by atoms with Crippen LogP contribution in [0.15, 0.2) is 60.9 Å². The summed E-state index contributed by atoms with van der Waals surface area (Å²) in [7, 11) is 1.78. The van der Waals surface area contributed by atoms with E-state index in [0.717, 1.165) is 6.07 Å². The number of rotatable bonds is 10. The lowest BCUT2D eigenvalue weighted by molar-refractivity contribution is -0.671. The molecule has 1 heterocycles. The first-order chi connectivity index (χ1) is 21.0. The molecule has 1 atom stereocenters. The summed E-state index contributed by atoms with van der Waals surface area (Å²) in [5, 5.41) is 6.03. The van der Waals surface area contributed by atoms with Gasteiger partial charge in [0, 0.05) is 30.2 Å². The smallest absolute Gasteiger partial charge is 0.344 e. The lowest BCUT2D eigenvalue weighted by Gasteiger charge is -2.57. The number of aromatic nitrogens is 1. The van der Waals surface area contributed by atoms with Crippen LogP contribution in [0.2, 0.25) is 5.02 Å². The van der Waals surface area contributed by atoms with Gasteiger partial charge in [-0.15, -0.1) is 0 Å². The molecule has 3 saturated carbocycles. The summed E-state index contributed by atoms with van der Waals surface area (Å²) >= 11 is 5.72. The molecule has 2 amide bonds. The Labute approximate surface area is 258 Å². The molecule has 0 unspecified atom stereocenters. The highest BCUT2D eigenvalue weighted by atomic mass is 35.5. The van der Waals surface area contributed by atoms with E-state index in [9.17, 15) is 23.2 Å². The maximum absolute atomic E-state index is 13.9. The molecule has 0 radical (unpaired) electrons. The SMILES string of the molecule is Cc1ccc(OCC(=O)NC23CCC(NC(=O)COc4ccc(Cl)c(F)c4)(CC2)C[C@@H]3OC(=O)c2ccc[n+](C)c2)cc1F. The number of nitrogens with zero attached hydrogens (tertiary/aromatic N) is 1. The van der Waals surface area contributed by atoms with E-state index in [1.54, 1.807) is 55.2 Å². The third-order valence-electron chi connectivity index (χ3n) is 8.28. The van der Waals surface area contributed by atoms with E-state index < -0.39 is 46.6 Å². The van der Waals surface area contributed by atoms with Crippen LogP contribution in [0.1, 0.15) is 48.0 Å². The second-order valence-corrected chi connectivity index (χ2v) is 11.9. The van der Waals surface area contributed by atoms with E-state index in [4.69, 9.17) is 25.8 Å². The van der Waals surface area contributed by atoms with Crippen molar-refractivity contribution in [2.75, 3.05) is 13.2 Å².